The summed E-state index contributed by atoms with van der Waals surface area (Å²) < 4.78 is 39.6. The van der Waals surface area contributed by atoms with Crippen molar-refractivity contribution in [1.29, 1.82) is 0 Å². The number of ether oxygens (including phenoxy) is 2. The molecular formula is C20H28BNO7S. The summed E-state index contributed by atoms with van der Waals surface area (Å²) in [6.45, 7) is 5.26. The molecule has 0 aliphatic carbocycles. The molecule has 1 saturated heterocycles. The first kappa shape index (κ1) is 24.4. The van der Waals surface area contributed by atoms with Crippen molar-refractivity contribution in [3.63, 3.8) is 0 Å². The van der Waals surface area contributed by atoms with Crippen molar-refractivity contribution in [3.05, 3.63) is 35.9 Å². The van der Waals surface area contributed by atoms with E-state index < -0.39 is 45.9 Å². The van der Waals surface area contributed by atoms with E-state index in [4.69, 9.17) is 21.5 Å². The second kappa shape index (κ2) is 9.93. The zero-order valence-electron chi connectivity index (χ0n) is 17.7. The van der Waals surface area contributed by atoms with E-state index in [0.29, 0.717) is 6.42 Å². The van der Waals surface area contributed by atoms with Crippen LogP contribution in [0.1, 0.15) is 39.2 Å². The van der Waals surface area contributed by atoms with Crippen molar-refractivity contribution in [2.24, 2.45) is 0 Å². The maximum atomic E-state index is 12.2. The van der Waals surface area contributed by atoms with Gasteiger partial charge in [0.25, 0.3) is 10.1 Å². The molecule has 1 fully saturated rings. The number of esters is 1. The second-order valence-corrected chi connectivity index (χ2v) is 9.34. The topological polar surface area (TPSA) is 99.2 Å². The maximum Gasteiger partial charge on any atom is 0.308 e. The Bertz CT molecular complexity index is 844. The Kier molecular flexibility index (Phi) is 8.07. The minimum absolute atomic E-state index is 0.0661. The lowest BCUT2D eigenvalue weighted by Gasteiger charge is -2.33. The van der Waals surface area contributed by atoms with Crippen molar-refractivity contribution < 1.29 is 31.7 Å². The van der Waals surface area contributed by atoms with Crippen LogP contribution < -0.4 is 0 Å². The van der Waals surface area contributed by atoms with Crippen molar-refractivity contribution in [2.45, 2.75) is 64.0 Å². The van der Waals surface area contributed by atoms with Gasteiger partial charge in [0.2, 0.25) is 7.85 Å². The first-order valence-electron chi connectivity index (χ1n) is 9.77. The smallest absolute Gasteiger partial charge is 0.308 e. The van der Waals surface area contributed by atoms with Crippen LogP contribution in [0.2, 0.25) is 0 Å². The fraction of sp³-hybridized carbons (Fsp3) is 0.600. The van der Waals surface area contributed by atoms with Crippen LogP contribution in [-0.4, -0.2) is 69.8 Å². The zero-order chi connectivity index (χ0) is 22.5. The Labute approximate surface area is 179 Å². The average Bonchev–Trinajstić information content (AvgIpc) is 2.84. The van der Waals surface area contributed by atoms with E-state index in [0.717, 1.165) is 11.8 Å². The highest BCUT2D eigenvalue weighted by Gasteiger charge is 2.49. The monoisotopic (exact) mass is 437 g/mol. The van der Waals surface area contributed by atoms with E-state index in [1.807, 2.05) is 30.3 Å². The number of amides is 1. The quantitative estimate of drug-likeness (QED) is 0.331. The summed E-state index contributed by atoms with van der Waals surface area (Å²) in [6, 6.07) is 9.03. The van der Waals surface area contributed by atoms with E-state index in [-0.39, 0.29) is 19.4 Å². The molecule has 0 saturated carbocycles. The summed E-state index contributed by atoms with van der Waals surface area (Å²) in [4.78, 5) is 25.6. The van der Waals surface area contributed by atoms with Crippen molar-refractivity contribution in [3.8, 4) is 0 Å². The number of rotatable bonds is 9. The highest BCUT2D eigenvalue weighted by atomic mass is 32.2. The molecule has 0 aromatic heterocycles. The van der Waals surface area contributed by atoms with Gasteiger partial charge in [0.05, 0.1) is 37.5 Å². The molecule has 8 nitrogen and oxygen atoms in total. The number of carbonyl (C=O) groups excluding carboxylic acids is 2. The van der Waals surface area contributed by atoms with Gasteiger partial charge in [-0.05, 0) is 32.8 Å². The van der Waals surface area contributed by atoms with Crippen LogP contribution in [-0.2, 0) is 35.0 Å². The molecule has 0 bridgehead atoms. The van der Waals surface area contributed by atoms with Gasteiger partial charge in [-0.1, -0.05) is 30.3 Å². The molecule has 1 aromatic rings. The lowest BCUT2D eigenvalue weighted by molar-refractivity contribution is -0.145. The highest BCUT2D eigenvalue weighted by Crippen LogP contribution is 2.36. The Hall–Kier alpha value is -1.91. The molecule has 10 heteroatoms. The Balaban J connectivity index is 2.30. The predicted octanol–water partition coefficient (Wildman–Crippen LogP) is 2.01. The minimum Gasteiger partial charge on any atom is -0.466 e. The SMILES string of the molecule is [B]C(=O)N1C(Cc2ccccc2)C(CC(CC(=O)OCC)OS(C)(=O)=O)OC1(C)C. The first-order chi connectivity index (χ1) is 13.9. The Morgan fingerprint density at radius 3 is 2.43 bits per heavy atom. The van der Waals surface area contributed by atoms with Crippen LogP contribution in [0, 0.1) is 0 Å². The Morgan fingerprint density at radius 2 is 1.90 bits per heavy atom. The molecule has 30 heavy (non-hydrogen) atoms. The lowest BCUT2D eigenvalue weighted by Crippen LogP contribution is -2.49. The summed E-state index contributed by atoms with van der Waals surface area (Å²) >= 11 is 0. The van der Waals surface area contributed by atoms with Crippen LogP contribution >= 0.6 is 0 Å². The van der Waals surface area contributed by atoms with Crippen molar-refractivity contribution in [2.75, 3.05) is 12.9 Å². The normalized spacial score (nSPS) is 21.9. The maximum absolute atomic E-state index is 12.2. The van der Waals surface area contributed by atoms with Gasteiger partial charge >= 0.3 is 5.97 Å². The molecule has 1 aliphatic heterocycles. The van der Waals surface area contributed by atoms with Gasteiger partial charge in [-0.3, -0.25) is 13.8 Å². The van der Waals surface area contributed by atoms with Gasteiger partial charge in [0, 0.05) is 6.42 Å². The zero-order valence-corrected chi connectivity index (χ0v) is 18.6. The fourth-order valence-electron chi connectivity index (χ4n) is 3.85. The molecule has 2 radical (unpaired) electrons. The molecule has 0 spiro atoms. The average molecular weight is 437 g/mol. The molecular weight excluding hydrogens is 409 g/mol. The molecule has 164 valence electrons. The summed E-state index contributed by atoms with van der Waals surface area (Å²) in [5, 5.41) is 0. The van der Waals surface area contributed by atoms with E-state index in [1.165, 1.54) is 4.90 Å². The summed E-state index contributed by atoms with van der Waals surface area (Å²) in [5.74, 6) is -1.22. The van der Waals surface area contributed by atoms with Crippen LogP contribution in [0.15, 0.2) is 30.3 Å². The standard InChI is InChI=1S/C20H28BNO7S/c1-5-27-18(23)13-15(29-30(4,25)26)12-17-16(11-14-9-7-6-8-10-14)22(19(21)24)20(2,3)28-17/h6-10,15-17H,5,11-13H2,1-4H3. The van der Waals surface area contributed by atoms with Gasteiger partial charge in [-0.25, -0.2) is 0 Å². The van der Waals surface area contributed by atoms with E-state index in [9.17, 15) is 18.0 Å². The minimum atomic E-state index is -3.83. The molecule has 2 rings (SSSR count). The van der Waals surface area contributed by atoms with Gasteiger partial charge in [-0.2, -0.15) is 8.42 Å². The van der Waals surface area contributed by atoms with Crippen molar-refractivity contribution in [1.82, 2.24) is 4.90 Å². The third kappa shape index (κ3) is 6.82. The highest BCUT2D eigenvalue weighted by molar-refractivity contribution is 7.86. The van der Waals surface area contributed by atoms with Crippen molar-refractivity contribution >= 4 is 29.7 Å². The largest absolute Gasteiger partial charge is 0.466 e. The lowest BCUT2D eigenvalue weighted by atomic mass is 9.93. The molecule has 3 unspecified atom stereocenters. The number of nitrogens with zero attached hydrogens (tertiary/aromatic N) is 1. The number of carbonyl (C=O) groups is 2. The van der Waals surface area contributed by atoms with Crippen LogP contribution in [0.4, 0.5) is 4.79 Å². The van der Waals surface area contributed by atoms with Crippen LogP contribution in [0.3, 0.4) is 0 Å². The Morgan fingerprint density at radius 1 is 1.27 bits per heavy atom. The van der Waals surface area contributed by atoms with E-state index in [2.05, 4.69) is 0 Å². The van der Waals surface area contributed by atoms with E-state index in [1.54, 1.807) is 20.8 Å². The molecule has 0 N–H and O–H groups in total. The van der Waals surface area contributed by atoms with Gasteiger partial charge in [0.1, 0.15) is 5.72 Å². The van der Waals surface area contributed by atoms with Crippen LogP contribution in [0.25, 0.3) is 0 Å². The number of hydrogen-bond donors (Lipinski definition) is 0. The second-order valence-electron chi connectivity index (χ2n) is 7.74. The van der Waals surface area contributed by atoms with Crippen LogP contribution in [0.5, 0.6) is 0 Å². The van der Waals surface area contributed by atoms with E-state index >= 15 is 0 Å². The van der Waals surface area contributed by atoms with Gasteiger partial charge in [-0.15, -0.1) is 0 Å². The fourth-order valence-corrected chi connectivity index (χ4v) is 4.49. The van der Waals surface area contributed by atoms with Gasteiger partial charge < -0.3 is 14.4 Å². The molecule has 1 aliphatic rings. The molecule has 1 heterocycles. The number of benzene rings is 1. The first-order valence-corrected chi connectivity index (χ1v) is 11.6. The summed E-state index contributed by atoms with van der Waals surface area (Å²) in [7, 11) is 1.81. The predicted molar refractivity (Wildman–Crippen MR) is 111 cm³/mol. The third-order valence-corrected chi connectivity index (χ3v) is 5.43. The third-order valence-electron chi connectivity index (χ3n) is 4.81. The molecule has 1 amide bonds. The summed E-state index contributed by atoms with van der Waals surface area (Å²) in [6.07, 6.45) is -0.420. The van der Waals surface area contributed by atoms with Gasteiger partial charge in [0.15, 0.2) is 5.81 Å². The summed E-state index contributed by atoms with van der Waals surface area (Å²) in [5.41, 5.74) is -0.0405. The number of hydrogen-bond acceptors (Lipinski definition) is 7. The molecule has 1 aromatic carbocycles. The molecule has 3 atom stereocenters.